The van der Waals surface area contributed by atoms with Crippen molar-refractivity contribution in [1.29, 1.82) is 0 Å². The van der Waals surface area contributed by atoms with Crippen LogP contribution in [0.5, 0.6) is 0 Å². The van der Waals surface area contributed by atoms with Crippen LogP contribution in [0.1, 0.15) is 49.4 Å². The maximum atomic E-state index is 12.7. The number of carbonyl (C=O) groups is 1. The first-order chi connectivity index (χ1) is 12.3. The third kappa shape index (κ3) is 4.48. The van der Waals surface area contributed by atoms with E-state index in [1.807, 2.05) is 30.3 Å². The second kappa shape index (κ2) is 8.81. The standard InChI is InChI=1S/C20H28N4O/c1-2-3-12-24-13-8-7-11-17(24)14-21-20(25)18-15-22-23-19(18)16-9-5-4-6-10-16/h4-6,9-10,15,17H,2-3,7-8,11-14H2,1H3,(H,21,25)(H,22,23). The van der Waals surface area contributed by atoms with Crippen molar-refractivity contribution in [2.24, 2.45) is 0 Å². The number of amides is 1. The number of hydrogen-bond donors (Lipinski definition) is 2. The molecule has 1 fully saturated rings. The smallest absolute Gasteiger partial charge is 0.255 e. The highest BCUT2D eigenvalue weighted by Crippen LogP contribution is 2.21. The summed E-state index contributed by atoms with van der Waals surface area (Å²) in [5.41, 5.74) is 2.37. The van der Waals surface area contributed by atoms with Gasteiger partial charge in [0.15, 0.2) is 0 Å². The highest BCUT2D eigenvalue weighted by Gasteiger charge is 2.23. The minimum Gasteiger partial charge on any atom is -0.350 e. The maximum Gasteiger partial charge on any atom is 0.255 e. The predicted molar refractivity (Wildman–Crippen MR) is 100 cm³/mol. The zero-order valence-corrected chi connectivity index (χ0v) is 15.0. The van der Waals surface area contributed by atoms with Gasteiger partial charge in [0.05, 0.1) is 17.5 Å². The van der Waals surface area contributed by atoms with Gasteiger partial charge in [0.25, 0.3) is 5.91 Å². The van der Waals surface area contributed by atoms with E-state index in [0.717, 1.165) is 24.3 Å². The van der Waals surface area contributed by atoms with Crippen molar-refractivity contribution in [3.8, 4) is 11.3 Å². The van der Waals surface area contributed by atoms with Crippen molar-refractivity contribution in [1.82, 2.24) is 20.4 Å². The van der Waals surface area contributed by atoms with Crippen molar-refractivity contribution in [2.45, 2.75) is 45.1 Å². The molecule has 0 aliphatic carbocycles. The number of likely N-dealkylation sites (tertiary alicyclic amines) is 1. The molecule has 2 N–H and O–H groups in total. The quantitative estimate of drug-likeness (QED) is 0.811. The first kappa shape index (κ1) is 17.7. The zero-order valence-electron chi connectivity index (χ0n) is 15.0. The summed E-state index contributed by atoms with van der Waals surface area (Å²) in [6.45, 7) is 5.23. The summed E-state index contributed by atoms with van der Waals surface area (Å²) in [5.74, 6) is -0.0476. The molecule has 1 saturated heterocycles. The second-order valence-electron chi connectivity index (χ2n) is 6.77. The Morgan fingerprint density at radius 2 is 2.16 bits per heavy atom. The number of hydrogen-bond acceptors (Lipinski definition) is 3. The number of aromatic amines is 1. The van der Waals surface area contributed by atoms with E-state index in [1.54, 1.807) is 6.20 Å². The number of nitrogens with one attached hydrogen (secondary N) is 2. The average Bonchev–Trinajstić information content (AvgIpc) is 3.15. The molecule has 1 aromatic heterocycles. The van der Waals surface area contributed by atoms with E-state index in [0.29, 0.717) is 18.2 Å². The van der Waals surface area contributed by atoms with Gasteiger partial charge in [-0.1, -0.05) is 50.1 Å². The lowest BCUT2D eigenvalue weighted by Crippen LogP contribution is -2.47. The third-order valence-corrected chi connectivity index (χ3v) is 4.99. The van der Waals surface area contributed by atoms with Gasteiger partial charge in [0.2, 0.25) is 0 Å². The Morgan fingerprint density at radius 1 is 1.32 bits per heavy atom. The van der Waals surface area contributed by atoms with Crippen molar-refractivity contribution < 1.29 is 4.79 Å². The maximum absolute atomic E-state index is 12.7. The number of H-pyrrole nitrogens is 1. The lowest BCUT2D eigenvalue weighted by molar-refractivity contribution is 0.0913. The fourth-order valence-electron chi connectivity index (χ4n) is 3.54. The molecule has 1 aliphatic rings. The van der Waals surface area contributed by atoms with Crippen LogP contribution >= 0.6 is 0 Å². The molecule has 1 unspecified atom stereocenters. The van der Waals surface area contributed by atoms with E-state index in [-0.39, 0.29) is 5.91 Å². The fraction of sp³-hybridized carbons (Fsp3) is 0.500. The number of piperidine rings is 1. The molecule has 1 atom stereocenters. The lowest BCUT2D eigenvalue weighted by Gasteiger charge is -2.35. The summed E-state index contributed by atoms with van der Waals surface area (Å²) in [5, 5.41) is 10.2. The molecule has 0 radical (unpaired) electrons. The van der Waals surface area contributed by atoms with E-state index in [4.69, 9.17) is 0 Å². The van der Waals surface area contributed by atoms with Crippen LogP contribution in [0.4, 0.5) is 0 Å². The Kier molecular flexibility index (Phi) is 6.23. The molecule has 5 heteroatoms. The van der Waals surface area contributed by atoms with E-state index in [9.17, 15) is 4.79 Å². The van der Waals surface area contributed by atoms with Gasteiger partial charge in [-0.3, -0.25) is 14.8 Å². The summed E-state index contributed by atoms with van der Waals surface area (Å²) in [6, 6.07) is 10.3. The van der Waals surface area contributed by atoms with Gasteiger partial charge >= 0.3 is 0 Å². The van der Waals surface area contributed by atoms with Gasteiger partial charge in [-0.15, -0.1) is 0 Å². The van der Waals surface area contributed by atoms with Crippen molar-refractivity contribution >= 4 is 5.91 Å². The second-order valence-corrected chi connectivity index (χ2v) is 6.77. The number of nitrogens with zero attached hydrogens (tertiary/aromatic N) is 2. The van der Waals surface area contributed by atoms with Crippen molar-refractivity contribution in [2.75, 3.05) is 19.6 Å². The van der Waals surface area contributed by atoms with Crippen molar-refractivity contribution in [3.63, 3.8) is 0 Å². The number of benzene rings is 1. The third-order valence-electron chi connectivity index (χ3n) is 4.99. The molecule has 5 nitrogen and oxygen atoms in total. The molecule has 1 amide bonds. The summed E-state index contributed by atoms with van der Waals surface area (Å²) in [6.07, 6.45) is 7.75. The van der Waals surface area contributed by atoms with Gasteiger partial charge in [-0.05, 0) is 32.4 Å². The largest absolute Gasteiger partial charge is 0.350 e. The van der Waals surface area contributed by atoms with Gasteiger partial charge in [-0.2, -0.15) is 5.10 Å². The first-order valence-electron chi connectivity index (χ1n) is 9.40. The number of aromatic nitrogens is 2. The van der Waals surface area contributed by atoms with E-state index in [2.05, 4.69) is 27.3 Å². The van der Waals surface area contributed by atoms with Gasteiger partial charge in [-0.25, -0.2) is 0 Å². The molecular formula is C20H28N4O. The highest BCUT2D eigenvalue weighted by molar-refractivity contribution is 5.99. The Balaban J connectivity index is 1.62. The molecule has 2 aromatic rings. The molecule has 2 heterocycles. The normalized spacial score (nSPS) is 18.2. The number of carbonyl (C=O) groups excluding carboxylic acids is 1. The number of rotatable bonds is 7. The van der Waals surface area contributed by atoms with Gasteiger partial charge in [0.1, 0.15) is 0 Å². The topological polar surface area (TPSA) is 61.0 Å². The van der Waals surface area contributed by atoms with E-state index >= 15 is 0 Å². The van der Waals surface area contributed by atoms with E-state index < -0.39 is 0 Å². The Morgan fingerprint density at radius 3 is 2.96 bits per heavy atom. The summed E-state index contributed by atoms with van der Waals surface area (Å²) < 4.78 is 0. The van der Waals surface area contributed by atoms with Crippen LogP contribution in [0.3, 0.4) is 0 Å². The summed E-state index contributed by atoms with van der Waals surface area (Å²) >= 11 is 0. The molecule has 3 rings (SSSR count). The minimum atomic E-state index is -0.0476. The molecule has 0 bridgehead atoms. The molecule has 25 heavy (non-hydrogen) atoms. The monoisotopic (exact) mass is 340 g/mol. The molecule has 1 aliphatic heterocycles. The molecule has 134 valence electrons. The van der Waals surface area contributed by atoms with Crippen LogP contribution in [0.15, 0.2) is 36.5 Å². The predicted octanol–water partition coefficient (Wildman–Crippen LogP) is 3.46. The summed E-state index contributed by atoms with van der Waals surface area (Å²) in [4.78, 5) is 15.2. The average molecular weight is 340 g/mol. The Hall–Kier alpha value is -2.14. The van der Waals surface area contributed by atoms with Crippen LogP contribution in [0.2, 0.25) is 0 Å². The van der Waals surface area contributed by atoms with Crippen molar-refractivity contribution in [3.05, 3.63) is 42.1 Å². The van der Waals surface area contributed by atoms with Crippen LogP contribution in [0, 0.1) is 0 Å². The van der Waals surface area contributed by atoms with Gasteiger partial charge < -0.3 is 5.32 Å². The SMILES string of the molecule is CCCCN1CCCCC1CNC(=O)c1cn[nH]c1-c1ccccc1. The van der Waals surface area contributed by atoms with Gasteiger partial charge in [0, 0.05) is 18.2 Å². The van der Waals surface area contributed by atoms with Crippen LogP contribution in [-0.2, 0) is 0 Å². The first-order valence-corrected chi connectivity index (χ1v) is 9.40. The summed E-state index contributed by atoms with van der Waals surface area (Å²) in [7, 11) is 0. The van der Waals surface area contributed by atoms with Crippen LogP contribution in [-0.4, -0.2) is 46.7 Å². The lowest BCUT2D eigenvalue weighted by atomic mass is 10.0. The molecular weight excluding hydrogens is 312 g/mol. The fourth-order valence-corrected chi connectivity index (χ4v) is 3.54. The molecule has 1 aromatic carbocycles. The molecule has 0 saturated carbocycles. The van der Waals surface area contributed by atoms with E-state index in [1.165, 1.54) is 32.1 Å². The zero-order chi connectivity index (χ0) is 17.5. The Labute approximate surface area is 149 Å². The van der Waals surface area contributed by atoms with Crippen LogP contribution in [0.25, 0.3) is 11.3 Å². The Bertz CT molecular complexity index is 667. The molecule has 0 spiro atoms. The van der Waals surface area contributed by atoms with Crippen LogP contribution < -0.4 is 5.32 Å². The highest BCUT2D eigenvalue weighted by atomic mass is 16.1. The minimum absolute atomic E-state index is 0.0476. The number of unbranched alkanes of at least 4 members (excludes halogenated alkanes) is 1.